The van der Waals surface area contributed by atoms with E-state index in [9.17, 15) is 9.90 Å². The monoisotopic (exact) mass is 505 g/mol. The molecule has 0 fully saturated rings. The van der Waals surface area contributed by atoms with Crippen molar-refractivity contribution in [3.63, 3.8) is 0 Å². The average molecular weight is 506 g/mol. The van der Waals surface area contributed by atoms with E-state index >= 15 is 0 Å². The van der Waals surface area contributed by atoms with Gasteiger partial charge in [0.05, 0.1) is 31.6 Å². The van der Waals surface area contributed by atoms with Crippen molar-refractivity contribution in [1.82, 2.24) is 24.8 Å². The van der Waals surface area contributed by atoms with Crippen molar-refractivity contribution in [2.24, 2.45) is 5.92 Å². The van der Waals surface area contributed by atoms with E-state index in [2.05, 4.69) is 77.7 Å². The second-order valence-corrected chi connectivity index (χ2v) is 10.2. The highest BCUT2D eigenvalue weighted by molar-refractivity contribution is 5.76. The molecule has 8 heteroatoms. The van der Waals surface area contributed by atoms with E-state index in [-0.39, 0.29) is 30.6 Å². The van der Waals surface area contributed by atoms with Gasteiger partial charge < -0.3 is 14.7 Å². The van der Waals surface area contributed by atoms with Gasteiger partial charge in [-0.25, -0.2) is 0 Å². The maximum atomic E-state index is 13.0. The molecular formula is C29H39N5O3. The van der Waals surface area contributed by atoms with Crippen molar-refractivity contribution < 1.29 is 14.6 Å². The topological polar surface area (TPSA) is 83.7 Å². The van der Waals surface area contributed by atoms with E-state index in [1.807, 2.05) is 24.1 Å². The lowest BCUT2D eigenvalue weighted by molar-refractivity contribution is -0.136. The number of ether oxygens (including phenoxy) is 1. The molecule has 0 unspecified atom stereocenters. The molecule has 0 spiro atoms. The second-order valence-electron chi connectivity index (χ2n) is 10.2. The molecule has 2 bridgehead atoms. The van der Waals surface area contributed by atoms with Crippen LogP contribution in [-0.4, -0.2) is 74.7 Å². The van der Waals surface area contributed by atoms with Crippen molar-refractivity contribution in [2.45, 2.75) is 58.5 Å². The molecule has 0 radical (unpaired) electrons. The number of aliphatic hydroxyl groups is 1. The first-order valence-corrected chi connectivity index (χ1v) is 13.2. The third-order valence-corrected chi connectivity index (χ3v) is 7.05. The highest BCUT2D eigenvalue weighted by Crippen LogP contribution is 2.21. The zero-order valence-electron chi connectivity index (χ0n) is 22.2. The van der Waals surface area contributed by atoms with Crippen LogP contribution in [0.1, 0.15) is 37.9 Å². The largest absolute Gasteiger partial charge is 0.394 e. The number of carbonyl (C=O) groups is 1. The maximum absolute atomic E-state index is 13.0. The summed E-state index contributed by atoms with van der Waals surface area (Å²) in [6, 6.07) is 18.8. The molecule has 0 saturated heterocycles. The van der Waals surface area contributed by atoms with Gasteiger partial charge >= 0.3 is 0 Å². The molecule has 2 heterocycles. The van der Waals surface area contributed by atoms with Gasteiger partial charge in [-0.15, -0.1) is 5.10 Å². The molecule has 2 aromatic carbocycles. The highest BCUT2D eigenvalue weighted by atomic mass is 16.5. The quantitative estimate of drug-likeness (QED) is 0.528. The van der Waals surface area contributed by atoms with Crippen LogP contribution in [0.15, 0.2) is 60.8 Å². The molecule has 0 aliphatic carbocycles. The Balaban J connectivity index is 1.45. The summed E-state index contributed by atoms with van der Waals surface area (Å²) >= 11 is 0. The molecular weight excluding hydrogens is 466 g/mol. The summed E-state index contributed by atoms with van der Waals surface area (Å²) in [6.07, 6.45) is 2.87. The summed E-state index contributed by atoms with van der Waals surface area (Å²) in [5, 5.41) is 18.2. The molecule has 0 saturated carbocycles. The van der Waals surface area contributed by atoms with Gasteiger partial charge in [0.15, 0.2) is 0 Å². The Kier molecular flexibility index (Phi) is 9.44. The summed E-state index contributed by atoms with van der Waals surface area (Å²) in [6.45, 7) is 6.98. The molecule has 4 rings (SSSR count). The number of nitrogens with zero attached hydrogens (tertiary/aromatic N) is 5. The van der Waals surface area contributed by atoms with Crippen molar-refractivity contribution in [3.8, 4) is 11.1 Å². The Morgan fingerprint density at radius 3 is 2.59 bits per heavy atom. The number of hydrogen-bond donors (Lipinski definition) is 1. The fourth-order valence-corrected chi connectivity index (χ4v) is 4.81. The minimum Gasteiger partial charge on any atom is -0.394 e. The van der Waals surface area contributed by atoms with E-state index in [0.29, 0.717) is 39.1 Å². The fourth-order valence-electron chi connectivity index (χ4n) is 4.81. The Labute approximate surface area is 219 Å². The molecule has 3 aromatic rings. The molecule has 8 nitrogen and oxygen atoms in total. The number of rotatable bonds is 7. The summed E-state index contributed by atoms with van der Waals surface area (Å²) < 4.78 is 8.16. The van der Waals surface area contributed by atoms with E-state index < -0.39 is 0 Å². The minimum absolute atomic E-state index is 0.0543. The van der Waals surface area contributed by atoms with Crippen LogP contribution in [0.3, 0.4) is 0 Å². The highest BCUT2D eigenvalue weighted by Gasteiger charge is 2.28. The molecule has 1 N–H and O–H groups in total. The van der Waals surface area contributed by atoms with Crippen LogP contribution in [0.5, 0.6) is 0 Å². The van der Waals surface area contributed by atoms with Crippen molar-refractivity contribution in [1.29, 1.82) is 0 Å². The van der Waals surface area contributed by atoms with Crippen LogP contribution >= 0.6 is 0 Å². The summed E-state index contributed by atoms with van der Waals surface area (Å²) in [5.74, 6) is 0.121. The van der Waals surface area contributed by atoms with Gasteiger partial charge in [-0.05, 0) is 37.1 Å². The molecule has 1 aliphatic heterocycles. The Bertz CT molecular complexity index is 1120. The normalized spacial score (nSPS) is 20.2. The van der Waals surface area contributed by atoms with Gasteiger partial charge in [0.2, 0.25) is 5.91 Å². The third-order valence-electron chi connectivity index (χ3n) is 7.05. The average Bonchev–Trinajstić information content (AvgIpc) is 3.37. The number of amides is 1. The van der Waals surface area contributed by atoms with E-state index in [0.717, 1.165) is 12.2 Å². The van der Waals surface area contributed by atoms with Gasteiger partial charge in [-0.2, -0.15) is 0 Å². The van der Waals surface area contributed by atoms with Gasteiger partial charge in [0.25, 0.3) is 0 Å². The lowest BCUT2D eigenvalue weighted by Crippen LogP contribution is -2.47. The fraction of sp³-hybridized carbons (Fsp3) is 0.483. The van der Waals surface area contributed by atoms with Crippen LogP contribution in [0, 0.1) is 5.92 Å². The number of fused-ring (bicyclic) bond motifs is 2. The number of aliphatic hydroxyl groups excluding tert-OH is 1. The lowest BCUT2D eigenvalue weighted by Gasteiger charge is -2.35. The number of benzene rings is 2. The molecule has 1 aliphatic rings. The van der Waals surface area contributed by atoms with Crippen LogP contribution in [0.4, 0.5) is 0 Å². The number of aromatic nitrogens is 3. The predicted octanol–water partition coefficient (Wildman–Crippen LogP) is 3.60. The Morgan fingerprint density at radius 2 is 1.86 bits per heavy atom. The zero-order valence-corrected chi connectivity index (χ0v) is 22.2. The molecule has 3 atom stereocenters. The van der Waals surface area contributed by atoms with Gasteiger partial charge in [-0.3, -0.25) is 14.4 Å². The third kappa shape index (κ3) is 7.47. The Morgan fingerprint density at radius 1 is 1.14 bits per heavy atom. The number of likely N-dealkylation sites (N-methyl/N-ethyl adjacent to an activating group) is 1. The van der Waals surface area contributed by atoms with E-state index in [1.54, 1.807) is 4.68 Å². The predicted molar refractivity (Wildman–Crippen MR) is 143 cm³/mol. The molecule has 1 aromatic heterocycles. The maximum Gasteiger partial charge on any atom is 0.222 e. The molecule has 1 amide bonds. The number of carbonyl (C=O) groups excluding carboxylic acids is 1. The summed E-state index contributed by atoms with van der Waals surface area (Å²) in [5.41, 5.74) is 4.44. The van der Waals surface area contributed by atoms with Gasteiger partial charge in [0.1, 0.15) is 5.69 Å². The first-order chi connectivity index (χ1) is 17.9. The van der Waals surface area contributed by atoms with Crippen LogP contribution in [-0.2, 0) is 29.2 Å². The van der Waals surface area contributed by atoms with Gasteiger partial charge in [0, 0.05) is 38.5 Å². The van der Waals surface area contributed by atoms with Crippen LogP contribution in [0.25, 0.3) is 11.1 Å². The molecule has 37 heavy (non-hydrogen) atoms. The van der Waals surface area contributed by atoms with Crippen molar-refractivity contribution in [2.75, 3.05) is 26.7 Å². The van der Waals surface area contributed by atoms with Gasteiger partial charge in [-0.1, -0.05) is 66.7 Å². The van der Waals surface area contributed by atoms with E-state index in [1.165, 1.54) is 16.7 Å². The van der Waals surface area contributed by atoms with Crippen LogP contribution < -0.4 is 0 Å². The number of aryl methyl sites for hydroxylation is 1. The van der Waals surface area contributed by atoms with Crippen molar-refractivity contribution in [3.05, 3.63) is 72.1 Å². The first kappa shape index (κ1) is 27.0. The summed E-state index contributed by atoms with van der Waals surface area (Å²) in [4.78, 5) is 17.1. The number of hydrogen-bond acceptors (Lipinski definition) is 6. The minimum atomic E-state index is -0.237. The van der Waals surface area contributed by atoms with Crippen molar-refractivity contribution >= 4 is 5.91 Å². The second kappa shape index (κ2) is 12.9. The standard InChI is InChI=1S/C29H39N5O3/c1-22-16-34(23(2)20-35)29(36)10-7-15-33-18-27(30-31-33)21-37-28(22)19-32(3)17-24-11-13-26(14-12-24)25-8-5-4-6-9-25/h4-6,8-9,11-14,18,22-23,28,35H,7,10,15-17,19-21H2,1-3H3/t22-,23+,28-/m1/s1. The molecule has 198 valence electrons. The van der Waals surface area contributed by atoms with E-state index in [4.69, 9.17) is 4.74 Å². The first-order valence-electron chi connectivity index (χ1n) is 13.2. The smallest absolute Gasteiger partial charge is 0.222 e. The zero-order chi connectivity index (χ0) is 26.2. The lowest BCUT2D eigenvalue weighted by atomic mass is 10.0. The van der Waals surface area contributed by atoms with Crippen LogP contribution in [0.2, 0.25) is 0 Å². The Hall–Kier alpha value is -3.07. The summed E-state index contributed by atoms with van der Waals surface area (Å²) in [7, 11) is 2.10. The SMILES string of the molecule is C[C@@H]1CN([C@@H](C)CO)C(=O)CCCn2cc(nn2)CO[C@@H]1CN(C)Cc1ccc(-c2ccccc2)cc1.